The minimum Gasteiger partial charge on any atom is -0.384 e. The van der Waals surface area contributed by atoms with Gasteiger partial charge in [-0.05, 0) is 23.6 Å². The van der Waals surface area contributed by atoms with E-state index in [1.165, 1.54) is 0 Å². The van der Waals surface area contributed by atoms with Gasteiger partial charge < -0.3 is 5.11 Å². The highest BCUT2D eigenvalue weighted by molar-refractivity contribution is 6.31. The predicted molar refractivity (Wildman–Crippen MR) is 71.3 cm³/mol. The predicted octanol–water partition coefficient (Wildman–Crippen LogP) is 3.98. The number of aliphatic hydroxyl groups is 1. The van der Waals surface area contributed by atoms with Gasteiger partial charge in [0.05, 0.1) is 0 Å². The Bertz CT molecular complexity index is 508. The highest BCUT2D eigenvalue weighted by atomic mass is 35.5. The van der Waals surface area contributed by atoms with Crippen molar-refractivity contribution in [1.82, 2.24) is 0 Å². The minimum atomic E-state index is -0.653. The summed E-state index contributed by atoms with van der Waals surface area (Å²) >= 11 is 6.10. The van der Waals surface area contributed by atoms with Crippen molar-refractivity contribution in [3.05, 3.63) is 70.2 Å². The van der Waals surface area contributed by atoms with Gasteiger partial charge >= 0.3 is 0 Å². The molecule has 1 atom stereocenters. The van der Waals surface area contributed by atoms with Crippen molar-refractivity contribution in [2.75, 3.05) is 0 Å². The Labute approximate surface area is 107 Å². The first-order valence-corrected chi connectivity index (χ1v) is 6.12. The molecule has 0 aromatic heterocycles. The maximum atomic E-state index is 10.4. The Morgan fingerprint density at radius 2 is 1.59 bits per heavy atom. The zero-order valence-corrected chi connectivity index (χ0v) is 10.5. The maximum Gasteiger partial charge on any atom is 0.106 e. The number of aryl methyl sites for hydroxylation is 1. The highest BCUT2D eigenvalue weighted by Crippen LogP contribution is 2.29. The summed E-state index contributed by atoms with van der Waals surface area (Å²) in [7, 11) is 0. The van der Waals surface area contributed by atoms with E-state index in [-0.39, 0.29) is 0 Å². The zero-order valence-electron chi connectivity index (χ0n) is 9.73. The van der Waals surface area contributed by atoms with E-state index in [0.29, 0.717) is 5.02 Å². The molecule has 0 spiro atoms. The molecular formula is C15H15ClO. The molecule has 2 aromatic carbocycles. The summed E-state index contributed by atoms with van der Waals surface area (Å²) in [5.74, 6) is 0. The fourth-order valence-corrected chi connectivity index (χ4v) is 2.23. The summed E-state index contributed by atoms with van der Waals surface area (Å²) in [6, 6.07) is 15.3. The summed E-state index contributed by atoms with van der Waals surface area (Å²) in [5, 5.41) is 11.0. The van der Waals surface area contributed by atoms with Crippen LogP contribution in [0.2, 0.25) is 5.02 Å². The first-order valence-electron chi connectivity index (χ1n) is 5.74. The van der Waals surface area contributed by atoms with E-state index in [4.69, 9.17) is 11.6 Å². The third kappa shape index (κ3) is 2.51. The summed E-state index contributed by atoms with van der Waals surface area (Å²) in [6.07, 6.45) is 0.248. The maximum absolute atomic E-state index is 10.4. The van der Waals surface area contributed by atoms with E-state index < -0.39 is 6.10 Å². The van der Waals surface area contributed by atoms with Crippen LogP contribution < -0.4 is 0 Å². The Morgan fingerprint density at radius 1 is 1.00 bits per heavy atom. The van der Waals surface area contributed by atoms with Crippen molar-refractivity contribution in [3.63, 3.8) is 0 Å². The molecule has 0 aliphatic heterocycles. The zero-order chi connectivity index (χ0) is 12.3. The van der Waals surface area contributed by atoms with Crippen molar-refractivity contribution in [3.8, 4) is 0 Å². The van der Waals surface area contributed by atoms with Gasteiger partial charge in [-0.25, -0.2) is 0 Å². The lowest BCUT2D eigenvalue weighted by atomic mass is 9.95. The van der Waals surface area contributed by atoms with Crippen LogP contribution in [0.3, 0.4) is 0 Å². The average Bonchev–Trinajstić information content (AvgIpc) is 2.38. The van der Waals surface area contributed by atoms with Crippen molar-refractivity contribution in [1.29, 1.82) is 0 Å². The van der Waals surface area contributed by atoms with Crippen LogP contribution in [0.15, 0.2) is 48.5 Å². The van der Waals surface area contributed by atoms with Crippen LogP contribution in [0.4, 0.5) is 0 Å². The third-order valence-corrected chi connectivity index (χ3v) is 3.27. The molecule has 0 saturated carbocycles. The van der Waals surface area contributed by atoms with Crippen molar-refractivity contribution < 1.29 is 5.11 Å². The molecule has 88 valence electrons. The summed E-state index contributed by atoms with van der Waals surface area (Å²) < 4.78 is 0. The number of halogens is 1. The van der Waals surface area contributed by atoms with Crippen LogP contribution >= 0.6 is 11.6 Å². The SMILES string of the molecule is CCc1ccccc1C(O)c1ccccc1Cl. The number of rotatable bonds is 3. The van der Waals surface area contributed by atoms with Gasteiger partial charge in [0.2, 0.25) is 0 Å². The van der Waals surface area contributed by atoms with E-state index in [2.05, 4.69) is 6.92 Å². The second-order valence-electron chi connectivity index (χ2n) is 3.98. The van der Waals surface area contributed by atoms with Gasteiger partial charge in [-0.3, -0.25) is 0 Å². The first-order chi connectivity index (χ1) is 8.24. The molecule has 0 bridgehead atoms. The molecule has 0 fully saturated rings. The number of hydrogen-bond acceptors (Lipinski definition) is 1. The molecule has 1 nitrogen and oxygen atoms in total. The molecule has 0 aliphatic rings. The molecule has 1 unspecified atom stereocenters. The second kappa shape index (κ2) is 5.35. The molecule has 1 N–H and O–H groups in total. The Hall–Kier alpha value is -1.31. The van der Waals surface area contributed by atoms with Crippen LogP contribution in [-0.4, -0.2) is 5.11 Å². The van der Waals surface area contributed by atoms with Gasteiger partial charge in [0, 0.05) is 10.6 Å². The van der Waals surface area contributed by atoms with E-state index >= 15 is 0 Å². The smallest absolute Gasteiger partial charge is 0.106 e. The van der Waals surface area contributed by atoms with Gasteiger partial charge in [0.15, 0.2) is 0 Å². The molecule has 0 amide bonds. The largest absolute Gasteiger partial charge is 0.384 e. The Balaban J connectivity index is 2.44. The molecule has 0 radical (unpaired) electrons. The van der Waals surface area contributed by atoms with E-state index in [1.54, 1.807) is 6.07 Å². The van der Waals surface area contributed by atoms with Crippen LogP contribution in [-0.2, 0) is 6.42 Å². The van der Waals surface area contributed by atoms with Crippen molar-refractivity contribution >= 4 is 11.6 Å². The van der Waals surface area contributed by atoms with E-state index in [0.717, 1.165) is 23.1 Å². The molecule has 0 saturated heterocycles. The molecule has 17 heavy (non-hydrogen) atoms. The Kier molecular flexibility index (Phi) is 3.82. The van der Waals surface area contributed by atoms with Gasteiger partial charge in [-0.2, -0.15) is 0 Å². The Morgan fingerprint density at radius 3 is 2.24 bits per heavy atom. The summed E-state index contributed by atoms with van der Waals surface area (Å²) in [4.78, 5) is 0. The van der Waals surface area contributed by atoms with Gasteiger partial charge in [0.1, 0.15) is 6.10 Å². The van der Waals surface area contributed by atoms with E-state index in [1.807, 2.05) is 42.5 Å². The summed E-state index contributed by atoms with van der Waals surface area (Å²) in [6.45, 7) is 2.08. The van der Waals surface area contributed by atoms with Crippen molar-refractivity contribution in [2.24, 2.45) is 0 Å². The highest BCUT2D eigenvalue weighted by Gasteiger charge is 2.15. The fourth-order valence-electron chi connectivity index (χ4n) is 1.99. The fraction of sp³-hybridized carbons (Fsp3) is 0.200. The van der Waals surface area contributed by atoms with Crippen molar-refractivity contribution in [2.45, 2.75) is 19.4 Å². The molecule has 0 aliphatic carbocycles. The van der Waals surface area contributed by atoms with Gasteiger partial charge in [-0.15, -0.1) is 0 Å². The number of aliphatic hydroxyl groups excluding tert-OH is 1. The van der Waals surface area contributed by atoms with Gasteiger partial charge in [0.25, 0.3) is 0 Å². The van der Waals surface area contributed by atoms with Gasteiger partial charge in [-0.1, -0.05) is 61.0 Å². The standard InChI is InChI=1S/C15H15ClO/c1-2-11-7-3-4-8-12(11)15(17)13-9-5-6-10-14(13)16/h3-10,15,17H,2H2,1H3. The lowest BCUT2D eigenvalue weighted by Gasteiger charge is -2.16. The summed E-state index contributed by atoms with van der Waals surface area (Å²) in [5.41, 5.74) is 2.85. The second-order valence-corrected chi connectivity index (χ2v) is 4.38. The molecule has 2 aromatic rings. The molecular weight excluding hydrogens is 232 g/mol. The third-order valence-electron chi connectivity index (χ3n) is 2.93. The normalized spacial score (nSPS) is 12.4. The minimum absolute atomic E-state index is 0.603. The molecule has 2 heteroatoms. The molecule has 0 heterocycles. The number of hydrogen-bond donors (Lipinski definition) is 1. The molecule has 2 rings (SSSR count). The van der Waals surface area contributed by atoms with E-state index in [9.17, 15) is 5.11 Å². The topological polar surface area (TPSA) is 20.2 Å². The van der Waals surface area contributed by atoms with Crippen LogP contribution in [0.5, 0.6) is 0 Å². The first kappa shape index (κ1) is 12.2. The lowest BCUT2D eigenvalue weighted by Crippen LogP contribution is -2.03. The number of benzene rings is 2. The van der Waals surface area contributed by atoms with Crippen LogP contribution in [0.1, 0.15) is 29.7 Å². The van der Waals surface area contributed by atoms with Crippen LogP contribution in [0, 0.1) is 0 Å². The van der Waals surface area contributed by atoms with Crippen LogP contribution in [0.25, 0.3) is 0 Å². The monoisotopic (exact) mass is 246 g/mol. The lowest BCUT2D eigenvalue weighted by molar-refractivity contribution is 0.219. The average molecular weight is 247 g/mol. The quantitative estimate of drug-likeness (QED) is 0.869.